The summed E-state index contributed by atoms with van der Waals surface area (Å²) in [6, 6.07) is 0. The second kappa shape index (κ2) is 12.9. The van der Waals surface area contributed by atoms with Crippen molar-refractivity contribution in [3.05, 3.63) is 0 Å². The molecule has 0 saturated heterocycles. The van der Waals surface area contributed by atoms with Crippen LogP contribution in [0.25, 0.3) is 0 Å². The molecule has 0 amide bonds. The van der Waals surface area contributed by atoms with Crippen molar-refractivity contribution >= 4 is 0 Å². The van der Waals surface area contributed by atoms with Crippen molar-refractivity contribution in [1.82, 2.24) is 4.90 Å². The maximum atomic E-state index is 5.49. The monoisotopic (exact) mass is 234 g/mol. The largest absolute Gasteiger partial charge is 0.383 e. The summed E-state index contributed by atoms with van der Waals surface area (Å²) in [4.78, 5) is 2.31. The molecule has 0 aliphatic carbocycles. The predicted molar refractivity (Wildman–Crippen MR) is 64.7 cm³/mol. The Hall–Kier alpha value is -0.200. The summed E-state index contributed by atoms with van der Waals surface area (Å²) < 4.78 is 15.4. The molecule has 0 aromatic heterocycles. The molecule has 2 N–H and O–H groups in total. The van der Waals surface area contributed by atoms with E-state index in [9.17, 15) is 0 Å². The lowest BCUT2D eigenvalue weighted by molar-refractivity contribution is 0.0521. The van der Waals surface area contributed by atoms with E-state index >= 15 is 0 Å². The van der Waals surface area contributed by atoms with Crippen molar-refractivity contribution in [3.63, 3.8) is 0 Å². The molecule has 0 aromatic rings. The van der Waals surface area contributed by atoms with Crippen molar-refractivity contribution in [2.45, 2.75) is 6.42 Å². The number of rotatable bonds is 12. The molecule has 0 saturated carbocycles. The first-order valence-corrected chi connectivity index (χ1v) is 5.83. The third-order valence-corrected chi connectivity index (χ3v) is 2.27. The smallest absolute Gasteiger partial charge is 0.0700 e. The van der Waals surface area contributed by atoms with Crippen LogP contribution in [0, 0.1) is 0 Å². The van der Waals surface area contributed by atoms with Gasteiger partial charge >= 0.3 is 0 Å². The van der Waals surface area contributed by atoms with Crippen LogP contribution in [0.15, 0.2) is 0 Å². The molecule has 5 heteroatoms. The molecule has 0 aliphatic heterocycles. The molecule has 0 rings (SSSR count). The molecule has 0 bridgehead atoms. The Morgan fingerprint density at radius 2 is 1.56 bits per heavy atom. The van der Waals surface area contributed by atoms with Gasteiger partial charge in [-0.3, -0.25) is 4.90 Å². The lowest BCUT2D eigenvalue weighted by Crippen LogP contribution is -2.33. The summed E-state index contributed by atoms with van der Waals surface area (Å²) in [6.45, 7) is 6.39. The second-order valence-electron chi connectivity index (χ2n) is 3.58. The van der Waals surface area contributed by atoms with Gasteiger partial charge in [0.2, 0.25) is 0 Å². The molecule has 0 radical (unpaired) electrons. The molecule has 0 atom stereocenters. The minimum Gasteiger partial charge on any atom is -0.383 e. The minimum absolute atomic E-state index is 0.654. The first-order chi connectivity index (χ1) is 7.85. The van der Waals surface area contributed by atoms with Crippen molar-refractivity contribution in [2.24, 2.45) is 5.73 Å². The third kappa shape index (κ3) is 10.3. The Morgan fingerprint density at radius 3 is 2.19 bits per heavy atom. The lowest BCUT2D eigenvalue weighted by Gasteiger charge is -2.21. The minimum atomic E-state index is 0.654. The molecule has 98 valence electrons. The van der Waals surface area contributed by atoms with Gasteiger partial charge in [-0.05, 0) is 19.5 Å². The highest BCUT2D eigenvalue weighted by Gasteiger charge is 2.03. The maximum Gasteiger partial charge on any atom is 0.0700 e. The van der Waals surface area contributed by atoms with Crippen LogP contribution in [0.5, 0.6) is 0 Å². The maximum absolute atomic E-state index is 5.49. The molecule has 0 fully saturated rings. The fourth-order valence-corrected chi connectivity index (χ4v) is 1.31. The van der Waals surface area contributed by atoms with E-state index in [0.29, 0.717) is 13.2 Å². The van der Waals surface area contributed by atoms with Crippen LogP contribution in [-0.4, -0.2) is 71.7 Å². The molecule has 16 heavy (non-hydrogen) atoms. The summed E-state index contributed by atoms with van der Waals surface area (Å²) in [5.41, 5.74) is 5.49. The van der Waals surface area contributed by atoms with Crippen LogP contribution < -0.4 is 5.73 Å². The van der Waals surface area contributed by atoms with Crippen molar-refractivity contribution in [3.8, 4) is 0 Å². The number of nitrogens with two attached hydrogens (primary N) is 1. The summed E-state index contributed by atoms with van der Waals surface area (Å²) in [7, 11) is 3.39. The number of hydrogen-bond acceptors (Lipinski definition) is 5. The number of ether oxygens (including phenoxy) is 3. The molecule has 0 aromatic carbocycles. The average Bonchev–Trinajstić information content (AvgIpc) is 2.31. The summed E-state index contributed by atoms with van der Waals surface area (Å²) in [6.07, 6.45) is 1.02. The van der Waals surface area contributed by atoms with Gasteiger partial charge in [0.15, 0.2) is 0 Å². The number of methoxy groups -OCH3 is 2. The normalized spacial score (nSPS) is 11.2. The Kier molecular flexibility index (Phi) is 12.7. The zero-order chi connectivity index (χ0) is 12.1. The molecule has 0 spiro atoms. The zero-order valence-corrected chi connectivity index (χ0v) is 10.6. The van der Waals surface area contributed by atoms with Gasteiger partial charge < -0.3 is 19.9 Å². The quantitative estimate of drug-likeness (QED) is 0.480. The Morgan fingerprint density at radius 1 is 0.875 bits per heavy atom. The topological polar surface area (TPSA) is 57.0 Å². The average molecular weight is 234 g/mol. The Labute approximate surface area is 98.8 Å². The molecular weight excluding hydrogens is 208 g/mol. The highest BCUT2D eigenvalue weighted by molar-refractivity contribution is 4.57. The van der Waals surface area contributed by atoms with Crippen LogP contribution in [0.1, 0.15) is 6.42 Å². The van der Waals surface area contributed by atoms with E-state index < -0.39 is 0 Å². The van der Waals surface area contributed by atoms with Gasteiger partial charge in [0.05, 0.1) is 26.4 Å². The molecule has 0 unspecified atom stereocenters. The van der Waals surface area contributed by atoms with Gasteiger partial charge in [0, 0.05) is 27.3 Å². The lowest BCUT2D eigenvalue weighted by atomic mass is 10.3. The van der Waals surface area contributed by atoms with Gasteiger partial charge in [0.25, 0.3) is 0 Å². The van der Waals surface area contributed by atoms with Crippen LogP contribution in [-0.2, 0) is 14.2 Å². The molecule has 5 nitrogen and oxygen atoms in total. The number of hydrogen-bond donors (Lipinski definition) is 1. The standard InChI is InChI=1S/C11H26N2O3/c1-14-8-6-13(5-3-4-12)7-9-16-11-10-15-2/h3-12H2,1-2H3. The van der Waals surface area contributed by atoms with Crippen LogP contribution >= 0.6 is 0 Å². The van der Waals surface area contributed by atoms with Gasteiger partial charge in [-0.15, -0.1) is 0 Å². The van der Waals surface area contributed by atoms with Crippen molar-refractivity contribution in [1.29, 1.82) is 0 Å². The zero-order valence-electron chi connectivity index (χ0n) is 10.6. The van der Waals surface area contributed by atoms with Gasteiger partial charge in [-0.1, -0.05) is 0 Å². The van der Waals surface area contributed by atoms with Gasteiger partial charge in [-0.25, -0.2) is 0 Å². The van der Waals surface area contributed by atoms with E-state index in [-0.39, 0.29) is 0 Å². The van der Waals surface area contributed by atoms with E-state index in [0.717, 1.165) is 45.8 Å². The summed E-state index contributed by atoms with van der Waals surface area (Å²) >= 11 is 0. The van der Waals surface area contributed by atoms with Gasteiger partial charge in [-0.2, -0.15) is 0 Å². The first kappa shape index (κ1) is 15.8. The summed E-state index contributed by atoms with van der Waals surface area (Å²) in [5, 5.41) is 0. The van der Waals surface area contributed by atoms with E-state index in [2.05, 4.69) is 4.90 Å². The summed E-state index contributed by atoms with van der Waals surface area (Å²) in [5.74, 6) is 0. The first-order valence-electron chi connectivity index (χ1n) is 5.83. The molecular formula is C11H26N2O3. The van der Waals surface area contributed by atoms with E-state index in [1.807, 2.05) is 0 Å². The predicted octanol–water partition coefficient (Wildman–Crippen LogP) is -0.0534. The third-order valence-electron chi connectivity index (χ3n) is 2.27. The Balaban J connectivity index is 3.48. The van der Waals surface area contributed by atoms with Crippen LogP contribution in [0.3, 0.4) is 0 Å². The fraction of sp³-hybridized carbons (Fsp3) is 1.00. The van der Waals surface area contributed by atoms with Crippen molar-refractivity contribution < 1.29 is 14.2 Å². The second-order valence-corrected chi connectivity index (χ2v) is 3.58. The van der Waals surface area contributed by atoms with Gasteiger partial charge in [0.1, 0.15) is 0 Å². The van der Waals surface area contributed by atoms with E-state index in [1.54, 1.807) is 14.2 Å². The highest BCUT2D eigenvalue weighted by atomic mass is 16.5. The highest BCUT2D eigenvalue weighted by Crippen LogP contribution is 1.92. The Bertz CT molecular complexity index is 128. The van der Waals surface area contributed by atoms with Crippen LogP contribution in [0.4, 0.5) is 0 Å². The molecule has 0 aliphatic rings. The van der Waals surface area contributed by atoms with Crippen LogP contribution in [0.2, 0.25) is 0 Å². The fourth-order valence-electron chi connectivity index (χ4n) is 1.31. The van der Waals surface area contributed by atoms with E-state index in [4.69, 9.17) is 19.9 Å². The molecule has 0 heterocycles. The van der Waals surface area contributed by atoms with E-state index in [1.165, 1.54) is 0 Å². The number of nitrogens with zero attached hydrogens (tertiary/aromatic N) is 1. The SMILES string of the molecule is COCCOCCN(CCCN)CCOC. The van der Waals surface area contributed by atoms with Crippen molar-refractivity contribution in [2.75, 3.05) is 66.8 Å².